The van der Waals surface area contributed by atoms with Crippen LogP contribution in [0.4, 0.5) is 15.3 Å². The first-order valence-electron chi connectivity index (χ1n) is 22.1. The average Bonchev–Trinajstić information content (AvgIpc) is 3.27. The van der Waals surface area contributed by atoms with Crippen molar-refractivity contribution in [3.63, 3.8) is 0 Å². The van der Waals surface area contributed by atoms with Crippen LogP contribution in [0.15, 0.2) is 121 Å². The van der Waals surface area contributed by atoms with Crippen LogP contribution in [0, 0.1) is 0 Å². The van der Waals surface area contributed by atoms with E-state index in [0.29, 0.717) is 68.6 Å². The van der Waals surface area contributed by atoms with Crippen molar-refractivity contribution in [3.8, 4) is 0 Å². The molecule has 5 amide bonds. The molecule has 5 aromatic carbocycles. The van der Waals surface area contributed by atoms with Gasteiger partial charge in [0, 0.05) is 62.3 Å². The third kappa shape index (κ3) is 18.1. The number of alkyl carbamates (subject to hydrolysis) is 1. The Hall–Kier alpha value is -7.28. The van der Waals surface area contributed by atoms with Gasteiger partial charge in [-0.3, -0.25) is 19.2 Å². The number of nitrogens with one attached hydrogen (secondary N) is 5. The number of ketones is 1. The molecule has 0 aromatic heterocycles. The molecular weight excluding hydrogens is 835 g/mol. The number of aryl methyl sites for hydroxylation is 2. The van der Waals surface area contributed by atoms with Gasteiger partial charge in [-0.1, -0.05) is 84.9 Å². The van der Waals surface area contributed by atoms with Gasteiger partial charge in [-0.15, -0.1) is 0 Å². The summed E-state index contributed by atoms with van der Waals surface area (Å²) in [4.78, 5) is 74.9. The van der Waals surface area contributed by atoms with Gasteiger partial charge in [0.25, 0.3) is 11.8 Å². The third-order valence-electron chi connectivity index (χ3n) is 10.0. The quantitative estimate of drug-likeness (QED) is 0.0510. The molecule has 0 aliphatic heterocycles. The normalized spacial score (nSPS) is 11.2. The van der Waals surface area contributed by atoms with E-state index < -0.39 is 17.3 Å². The smallest absolute Gasteiger partial charge is 0.407 e. The Bertz CT molecular complexity index is 2250. The van der Waals surface area contributed by atoms with Gasteiger partial charge < -0.3 is 36.1 Å². The van der Waals surface area contributed by atoms with Crippen LogP contribution in [0.3, 0.4) is 0 Å². The van der Waals surface area contributed by atoms with E-state index in [1.54, 1.807) is 36.4 Å². The lowest BCUT2D eigenvalue weighted by Gasteiger charge is -2.19. The highest BCUT2D eigenvalue weighted by atomic mass is 16.6. The van der Waals surface area contributed by atoms with Crippen LogP contribution in [0.5, 0.6) is 0 Å². The fraction of sp³-hybridized carbons (Fsp3) is 0.321. The van der Waals surface area contributed by atoms with Crippen LogP contribution in [0.25, 0.3) is 0 Å². The summed E-state index contributed by atoms with van der Waals surface area (Å²) >= 11 is 0. The van der Waals surface area contributed by atoms with E-state index in [0.717, 1.165) is 38.9 Å². The minimum atomic E-state index is -0.557. The number of rotatable bonds is 19. The van der Waals surface area contributed by atoms with Crippen molar-refractivity contribution >= 4 is 41.4 Å². The summed E-state index contributed by atoms with van der Waals surface area (Å²) in [7, 11) is 0. The number of carbonyl (C=O) groups is 6. The Labute approximate surface area is 387 Å². The van der Waals surface area contributed by atoms with Crippen molar-refractivity contribution < 1.29 is 38.2 Å². The van der Waals surface area contributed by atoms with E-state index in [1.165, 1.54) is 0 Å². The fourth-order valence-electron chi connectivity index (χ4n) is 6.56. The second kappa shape index (κ2) is 23.6. The number of esters is 1. The standard InChI is InChI=1S/C53H61N5O8/c1-52(2,3)65-47(60)30-22-37-9-13-40(14-10-37)34-56-50(63)58-45-27-19-42(20-28-45)33-55-49(62)44-25-23-43(24-26-44)48(61)54-32-39-17-11-38(12-18-39)31-46(59)29-21-36-7-15-41(16-8-36)35-57-51(64)66-53(4,5)6/h7-20,23-28H,21-22,29-35H2,1-6H3,(H,54,61)(H,55,62)(H,57,64)(H2,56,58,63). The molecule has 0 radical (unpaired) electrons. The first-order chi connectivity index (χ1) is 31.4. The van der Waals surface area contributed by atoms with Crippen molar-refractivity contribution in [3.05, 3.63) is 171 Å². The highest BCUT2D eigenvalue weighted by Crippen LogP contribution is 2.15. The molecule has 0 atom stereocenters. The third-order valence-corrected chi connectivity index (χ3v) is 10.0. The van der Waals surface area contributed by atoms with Gasteiger partial charge in [-0.05, 0) is 130 Å². The number of Topliss-reactive ketones (excluding diaryl/α,β-unsaturated/α-hetero) is 1. The molecule has 5 aromatic rings. The van der Waals surface area contributed by atoms with Crippen molar-refractivity contribution in [2.45, 2.75) is 111 Å². The summed E-state index contributed by atoms with van der Waals surface area (Å²) in [6.45, 7) is 12.2. The molecule has 13 heteroatoms. The maximum absolute atomic E-state index is 12.9. The molecule has 0 unspecified atom stereocenters. The van der Waals surface area contributed by atoms with E-state index in [2.05, 4.69) is 26.6 Å². The van der Waals surface area contributed by atoms with E-state index in [1.807, 2.05) is 126 Å². The maximum atomic E-state index is 12.9. The first-order valence-corrected chi connectivity index (χ1v) is 22.1. The number of ether oxygens (including phenoxy) is 2. The second-order valence-electron chi connectivity index (χ2n) is 18.1. The predicted molar refractivity (Wildman–Crippen MR) is 255 cm³/mol. The Balaban J connectivity index is 0.954. The summed E-state index contributed by atoms with van der Waals surface area (Å²) < 4.78 is 10.6. The van der Waals surface area contributed by atoms with Crippen molar-refractivity contribution in [2.24, 2.45) is 0 Å². The largest absolute Gasteiger partial charge is 0.460 e. The zero-order valence-electron chi connectivity index (χ0n) is 38.7. The van der Waals surface area contributed by atoms with E-state index in [4.69, 9.17) is 9.47 Å². The zero-order chi connectivity index (χ0) is 47.7. The predicted octanol–water partition coefficient (Wildman–Crippen LogP) is 8.91. The van der Waals surface area contributed by atoms with E-state index in [9.17, 15) is 28.8 Å². The number of anilines is 1. The Kier molecular flexibility index (Phi) is 17.8. The number of amides is 5. The van der Waals surface area contributed by atoms with Gasteiger partial charge in [0.15, 0.2) is 0 Å². The first kappa shape index (κ1) is 49.7. The van der Waals surface area contributed by atoms with Crippen LogP contribution in [-0.4, -0.2) is 46.9 Å². The topological polar surface area (TPSA) is 181 Å². The van der Waals surface area contributed by atoms with Crippen LogP contribution >= 0.6 is 0 Å². The second-order valence-corrected chi connectivity index (χ2v) is 18.1. The van der Waals surface area contributed by atoms with Crippen LogP contribution < -0.4 is 26.6 Å². The van der Waals surface area contributed by atoms with Gasteiger partial charge in [-0.2, -0.15) is 0 Å². The number of hydrogen-bond donors (Lipinski definition) is 5. The lowest BCUT2D eigenvalue weighted by Crippen LogP contribution is -2.32. The lowest BCUT2D eigenvalue weighted by molar-refractivity contribution is -0.154. The monoisotopic (exact) mass is 895 g/mol. The summed E-state index contributed by atoms with van der Waals surface area (Å²) in [5.41, 5.74) is 6.88. The van der Waals surface area contributed by atoms with Gasteiger partial charge in [-0.25, -0.2) is 9.59 Å². The van der Waals surface area contributed by atoms with Gasteiger partial charge in [0.05, 0.1) is 0 Å². The molecule has 0 saturated carbocycles. The molecule has 13 nitrogen and oxygen atoms in total. The molecule has 5 N–H and O–H groups in total. The lowest BCUT2D eigenvalue weighted by atomic mass is 10.0. The van der Waals surface area contributed by atoms with Gasteiger partial charge >= 0.3 is 18.1 Å². The van der Waals surface area contributed by atoms with Crippen molar-refractivity contribution in [1.82, 2.24) is 21.3 Å². The zero-order valence-corrected chi connectivity index (χ0v) is 38.7. The maximum Gasteiger partial charge on any atom is 0.407 e. The van der Waals surface area contributed by atoms with Crippen LogP contribution in [0.2, 0.25) is 0 Å². The Morgan fingerprint density at radius 2 is 0.803 bits per heavy atom. The molecule has 0 bridgehead atoms. The summed E-state index contributed by atoms with van der Waals surface area (Å²) in [5, 5.41) is 14.2. The van der Waals surface area contributed by atoms with E-state index in [-0.39, 0.29) is 36.1 Å². The highest BCUT2D eigenvalue weighted by Gasteiger charge is 2.17. The van der Waals surface area contributed by atoms with Crippen molar-refractivity contribution in [2.75, 3.05) is 5.32 Å². The molecule has 5 rings (SSSR count). The molecule has 0 saturated heterocycles. The molecule has 66 heavy (non-hydrogen) atoms. The number of urea groups is 1. The molecule has 346 valence electrons. The minimum Gasteiger partial charge on any atom is -0.460 e. The summed E-state index contributed by atoms with van der Waals surface area (Å²) in [6, 6.07) is 36.3. The van der Waals surface area contributed by atoms with Gasteiger partial charge in [0.1, 0.15) is 17.0 Å². The van der Waals surface area contributed by atoms with Crippen LogP contribution in [0.1, 0.15) is 114 Å². The van der Waals surface area contributed by atoms with Crippen molar-refractivity contribution in [1.29, 1.82) is 0 Å². The highest BCUT2D eigenvalue weighted by molar-refractivity contribution is 5.97. The van der Waals surface area contributed by atoms with Gasteiger partial charge in [0.2, 0.25) is 0 Å². The molecule has 0 aliphatic rings. The average molecular weight is 896 g/mol. The molecule has 0 aliphatic carbocycles. The SMILES string of the molecule is CC(C)(C)OC(=O)CCc1ccc(CNC(=O)Nc2ccc(CNC(=O)c3ccc(C(=O)NCc4ccc(CC(=O)CCc5ccc(CNC(=O)OC(C)(C)C)cc5)cc4)cc3)cc2)cc1. The summed E-state index contributed by atoms with van der Waals surface area (Å²) in [5.74, 6) is -0.682. The number of carbonyl (C=O) groups excluding carboxylic acids is 6. The van der Waals surface area contributed by atoms with E-state index >= 15 is 0 Å². The number of hydrogen-bond acceptors (Lipinski definition) is 8. The minimum absolute atomic E-state index is 0.126. The molecule has 0 fully saturated rings. The number of benzene rings is 5. The summed E-state index contributed by atoms with van der Waals surface area (Å²) in [6.07, 6.45) is 1.75. The Morgan fingerprint density at radius 1 is 0.424 bits per heavy atom. The molecular formula is C53H61N5O8. The Morgan fingerprint density at radius 3 is 1.26 bits per heavy atom. The molecule has 0 heterocycles. The van der Waals surface area contributed by atoms with Crippen LogP contribution in [-0.2, 0) is 64.5 Å². The fourth-order valence-corrected chi connectivity index (χ4v) is 6.56. The molecule has 0 spiro atoms.